The first-order chi connectivity index (χ1) is 8.70. The minimum Gasteiger partial charge on any atom is -0.464 e. The molecule has 0 bridgehead atoms. The molecule has 1 fully saturated rings. The number of esters is 1. The van der Waals surface area contributed by atoms with E-state index in [0.29, 0.717) is 6.41 Å². The molecule has 0 aromatic heterocycles. The van der Waals surface area contributed by atoms with Crippen LogP contribution in [-0.4, -0.2) is 36.2 Å². The number of carbonyl (C=O) groups is 2. The molecule has 1 rings (SSSR count). The third-order valence-corrected chi connectivity index (χ3v) is 3.51. The lowest BCUT2D eigenvalue weighted by Crippen LogP contribution is -2.49. The average Bonchev–Trinajstić information content (AvgIpc) is 2.64. The smallest absolute Gasteiger partial charge is 0.331 e. The van der Waals surface area contributed by atoms with Gasteiger partial charge in [-0.25, -0.2) is 4.79 Å². The van der Waals surface area contributed by atoms with Crippen LogP contribution >= 0.6 is 0 Å². The number of ether oxygens (including phenoxy) is 1. The summed E-state index contributed by atoms with van der Waals surface area (Å²) >= 11 is 0. The summed E-state index contributed by atoms with van der Waals surface area (Å²) < 4.78 is 4.88. The largest absolute Gasteiger partial charge is 0.464 e. The van der Waals surface area contributed by atoms with Crippen molar-refractivity contribution in [1.29, 1.82) is 0 Å². The molecular weight excluding hydrogens is 234 g/mol. The quantitative estimate of drug-likeness (QED) is 0.423. The molecule has 0 aliphatic heterocycles. The summed E-state index contributed by atoms with van der Waals surface area (Å²) in [5, 5.41) is 12.6. The number of hydrogen-bond acceptors (Lipinski definition) is 4. The van der Waals surface area contributed by atoms with Crippen LogP contribution in [0.2, 0.25) is 0 Å². The molecule has 2 atom stereocenters. The van der Waals surface area contributed by atoms with Crippen molar-refractivity contribution in [3.8, 4) is 0 Å². The van der Waals surface area contributed by atoms with E-state index in [1.54, 1.807) is 6.92 Å². The van der Waals surface area contributed by atoms with E-state index in [4.69, 9.17) is 4.74 Å². The van der Waals surface area contributed by atoms with Gasteiger partial charge in [0, 0.05) is 0 Å². The van der Waals surface area contributed by atoms with Gasteiger partial charge in [0.25, 0.3) is 0 Å². The Labute approximate surface area is 108 Å². The summed E-state index contributed by atoms with van der Waals surface area (Å²) in [6.45, 7) is 1.95. The molecule has 0 aromatic rings. The van der Waals surface area contributed by atoms with Gasteiger partial charge in [-0.1, -0.05) is 25.7 Å². The van der Waals surface area contributed by atoms with Gasteiger partial charge >= 0.3 is 5.97 Å². The zero-order valence-electron chi connectivity index (χ0n) is 10.9. The Kier molecular flexibility index (Phi) is 6.72. The second kappa shape index (κ2) is 8.08. The molecule has 5 nitrogen and oxygen atoms in total. The Morgan fingerprint density at radius 2 is 2.00 bits per heavy atom. The van der Waals surface area contributed by atoms with Crippen molar-refractivity contribution < 1.29 is 19.4 Å². The van der Waals surface area contributed by atoms with Gasteiger partial charge in [0.2, 0.25) is 6.41 Å². The highest BCUT2D eigenvalue weighted by molar-refractivity contribution is 5.79. The Balaban J connectivity index is 2.64. The van der Waals surface area contributed by atoms with Gasteiger partial charge in [0.05, 0.1) is 12.7 Å². The zero-order chi connectivity index (χ0) is 13.4. The van der Waals surface area contributed by atoms with Gasteiger partial charge < -0.3 is 15.2 Å². The predicted octanol–water partition coefficient (Wildman–Crippen LogP) is 0.995. The Bertz CT molecular complexity index is 262. The van der Waals surface area contributed by atoms with Crippen LogP contribution in [0.1, 0.15) is 45.4 Å². The molecule has 0 saturated heterocycles. The van der Waals surface area contributed by atoms with E-state index in [1.165, 1.54) is 12.8 Å². The molecular formula is C13H23NO4. The second-order valence-corrected chi connectivity index (χ2v) is 4.76. The van der Waals surface area contributed by atoms with Crippen molar-refractivity contribution in [2.24, 2.45) is 5.92 Å². The van der Waals surface area contributed by atoms with Crippen molar-refractivity contribution in [3.05, 3.63) is 0 Å². The Morgan fingerprint density at radius 1 is 1.39 bits per heavy atom. The lowest BCUT2D eigenvalue weighted by atomic mass is 9.89. The van der Waals surface area contributed by atoms with Gasteiger partial charge in [-0.05, 0) is 25.7 Å². The van der Waals surface area contributed by atoms with Gasteiger partial charge in [0.1, 0.15) is 0 Å². The van der Waals surface area contributed by atoms with Crippen LogP contribution in [0.3, 0.4) is 0 Å². The molecule has 18 heavy (non-hydrogen) atoms. The van der Waals surface area contributed by atoms with Crippen LogP contribution in [0.5, 0.6) is 0 Å². The number of nitrogens with one attached hydrogen (secondary N) is 1. The molecule has 5 heteroatoms. The van der Waals surface area contributed by atoms with Crippen molar-refractivity contribution in [2.75, 3.05) is 6.61 Å². The number of rotatable bonds is 6. The van der Waals surface area contributed by atoms with E-state index in [2.05, 4.69) is 5.32 Å². The minimum atomic E-state index is -0.939. The summed E-state index contributed by atoms with van der Waals surface area (Å²) in [4.78, 5) is 22.2. The van der Waals surface area contributed by atoms with E-state index < -0.39 is 18.1 Å². The van der Waals surface area contributed by atoms with E-state index in [0.717, 1.165) is 25.7 Å². The van der Waals surface area contributed by atoms with Crippen molar-refractivity contribution in [2.45, 2.75) is 57.6 Å². The van der Waals surface area contributed by atoms with Crippen LogP contribution in [-0.2, 0) is 14.3 Å². The van der Waals surface area contributed by atoms with Gasteiger partial charge in [-0.3, -0.25) is 4.79 Å². The summed E-state index contributed by atoms with van der Waals surface area (Å²) in [5.41, 5.74) is 0. The number of aliphatic hydroxyl groups is 1. The molecule has 0 heterocycles. The van der Waals surface area contributed by atoms with Crippen LogP contribution in [0.15, 0.2) is 0 Å². The van der Waals surface area contributed by atoms with Gasteiger partial charge in [-0.15, -0.1) is 0 Å². The highest BCUT2D eigenvalue weighted by Crippen LogP contribution is 2.27. The summed E-state index contributed by atoms with van der Waals surface area (Å²) in [5.74, 6) is -0.490. The molecule has 0 spiro atoms. The first-order valence-corrected chi connectivity index (χ1v) is 6.75. The minimum absolute atomic E-state index is 0.0642. The summed E-state index contributed by atoms with van der Waals surface area (Å²) in [6.07, 6.45) is 5.88. The normalized spacial score (nSPS) is 20.6. The molecule has 1 saturated carbocycles. The standard InChI is InChI=1S/C13H23NO4/c1-2-18-13(17)11(14-9-15)12(16)10-7-5-3-4-6-8-10/h9-12,16H,2-8H2,1H3,(H,14,15). The molecule has 0 aromatic carbocycles. The van der Waals surface area contributed by atoms with Crippen molar-refractivity contribution >= 4 is 12.4 Å². The average molecular weight is 257 g/mol. The molecule has 1 amide bonds. The molecule has 1 aliphatic rings. The third kappa shape index (κ3) is 4.29. The van der Waals surface area contributed by atoms with Gasteiger partial charge in [-0.2, -0.15) is 0 Å². The van der Waals surface area contributed by atoms with Crippen LogP contribution in [0.4, 0.5) is 0 Å². The van der Waals surface area contributed by atoms with E-state index in [1.807, 2.05) is 0 Å². The molecule has 1 aliphatic carbocycles. The molecule has 0 radical (unpaired) electrons. The first-order valence-electron chi connectivity index (χ1n) is 6.75. The van der Waals surface area contributed by atoms with E-state index in [9.17, 15) is 14.7 Å². The first kappa shape index (κ1) is 15.0. The number of carbonyl (C=O) groups excluding carboxylic acids is 2. The summed E-state index contributed by atoms with van der Waals surface area (Å²) in [7, 11) is 0. The van der Waals surface area contributed by atoms with Crippen molar-refractivity contribution in [1.82, 2.24) is 5.32 Å². The monoisotopic (exact) mass is 257 g/mol. The lowest BCUT2D eigenvalue weighted by molar-refractivity contribution is -0.151. The van der Waals surface area contributed by atoms with Crippen LogP contribution in [0, 0.1) is 5.92 Å². The van der Waals surface area contributed by atoms with E-state index >= 15 is 0 Å². The fourth-order valence-electron chi connectivity index (χ4n) is 2.54. The van der Waals surface area contributed by atoms with Gasteiger partial charge in [0.15, 0.2) is 6.04 Å². The predicted molar refractivity (Wildman–Crippen MR) is 66.8 cm³/mol. The maximum atomic E-state index is 11.7. The van der Waals surface area contributed by atoms with Crippen LogP contribution < -0.4 is 5.32 Å². The topological polar surface area (TPSA) is 75.6 Å². The molecule has 2 N–H and O–H groups in total. The SMILES string of the molecule is CCOC(=O)C(NC=O)C(O)C1CCCCCC1. The van der Waals surface area contributed by atoms with Crippen LogP contribution in [0.25, 0.3) is 0 Å². The maximum absolute atomic E-state index is 11.7. The maximum Gasteiger partial charge on any atom is 0.331 e. The second-order valence-electron chi connectivity index (χ2n) is 4.76. The molecule has 104 valence electrons. The number of amides is 1. The fraction of sp³-hybridized carbons (Fsp3) is 0.846. The molecule has 2 unspecified atom stereocenters. The lowest BCUT2D eigenvalue weighted by Gasteiger charge is -2.27. The van der Waals surface area contributed by atoms with Crippen molar-refractivity contribution in [3.63, 3.8) is 0 Å². The number of hydrogen-bond donors (Lipinski definition) is 2. The Hall–Kier alpha value is -1.10. The Morgan fingerprint density at radius 3 is 2.50 bits per heavy atom. The third-order valence-electron chi connectivity index (χ3n) is 3.51. The van der Waals surface area contributed by atoms with E-state index in [-0.39, 0.29) is 12.5 Å². The summed E-state index contributed by atoms with van der Waals surface area (Å²) in [6, 6.07) is -0.939. The zero-order valence-corrected chi connectivity index (χ0v) is 10.9. The highest BCUT2D eigenvalue weighted by atomic mass is 16.5. The highest BCUT2D eigenvalue weighted by Gasteiger charge is 2.33. The fourth-order valence-corrected chi connectivity index (χ4v) is 2.54. The number of aliphatic hydroxyl groups excluding tert-OH is 1.